The molecular weight excluding hydrogens is 212 g/mol. The summed E-state index contributed by atoms with van der Waals surface area (Å²) in [7, 11) is 0. The van der Waals surface area contributed by atoms with Crippen molar-refractivity contribution in [3.63, 3.8) is 0 Å². The lowest BCUT2D eigenvalue weighted by molar-refractivity contribution is -0.0482. The third-order valence-electron chi connectivity index (χ3n) is 4.30. The van der Waals surface area contributed by atoms with E-state index in [2.05, 4.69) is 24.1 Å². The van der Waals surface area contributed by atoms with Crippen LogP contribution < -0.4 is 5.32 Å². The second-order valence-corrected chi connectivity index (χ2v) is 5.44. The predicted molar refractivity (Wildman–Crippen MR) is 71.3 cm³/mol. The minimum atomic E-state index is 0.551. The highest BCUT2D eigenvalue weighted by Crippen LogP contribution is 2.29. The molecule has 2 fully saturated rings. The normalized spacial score (nSPS) is 36.0. The van der Waals surface area contributed by atoms with Crippen LogP contribution in [0.15, 0.2) is 0 Å². The van der Waals surface area contributed by atoms with Gasteiger partial charge in [-0.2, -0.15) is 0 Å². The van der Waals surface area contributed by atoms with Crippen LogP contribution in [0.3, 0.4) is 0 Å². The lowest BCUT2D eigenvalue weighted by Crippen LogP contribution is -2.51. The van der Waals surface area contributed by atoms with Crippen LogP contribution in [0.5, 0.6) is 0 Å². The molecule has 2 rings (SSSR count). The van der Waals surface area contributed by atoms with E-state index in [1.165, 1.54) is 51.7 Å². The third kappa shape index (κ3) is 3.67. The first kappa shape index (κ1) is 13.3. The molecular formula is C14H28N2O. The lowest BCUT2D eigenvalue weighted by atomic mass is 9.87. The van der Waals surface area contributed by atoms with E-state index in [4.69, 9.17) is 4.74 Å². The standard InChI is InChI=1S/C14H28N2O/c1-3-12-6-9-16(8-5-7-15-12)13-10-14(11-13)17-4-2/h12-15H,3-11H2,1-2H3. The lowest BCUT2D eigenvalue weighted by Gasteiger charge is -2.44. The van der Waals surface area contributed by atoms with Gasteiger partial charge in [0.15, 0.2) is 0 Å². The van der Waals surface area contributed by atoms with Gasteiger partial charge in [-0.05, 0) is 58.7 Å². The van der Waals surface area contributed by atoms with E-state index < -0.39 is 0 Å². The molecule has 0 aromatic rings. The van der Waals surface area contributed by atoms with Gasteiger partial charge in [-0.15, -0.1) is 0 Å². The minimum absolute atomic E-state index is 0.551. The molecule has 1 saturated heterocycles. The molecule has 3 nitrogen and oxygen atoms in total. The SMILES string of the molecule is CCOC1CC(N2CCCNC(CC)CC2)C1. The maximum Gasteiger partial charge on any atom is 0.0604 e. The van der Waals surface area contributed by atoms with E-state index in [-0.39, 0.29) is 0 Å². The van der Waals surface area contributed by atoms with Crippen molar-refractivity contribution in [2.45, 2.75) is 64.1 Å². The minimum Gasteiger partial charge on any atom is -0.378 e. The Balaban J connectivity index is 1.73. The quantitative estimate of drug-likeness (QED) is 0.813. The van der Waals surface area contributed by atoms with E-state index >= 15 is 0 Å². The van der Waals surface area contributed by atoms with Crippen molar-refractivity contribution in [2.75, 3.05) is 26.2 Å². The molecule has 3 heteroatoms. The van der Waals surface area contributed by atoms with Crippen LogP contribution in [-0.4, -0.2) is 49.3 Å². The van der Waals surface area contributed by atoms with Gasteiger partial charge in [-0.1, -0.05) is 6.92 Å². The Morgan fingerprint density at radius 3 is 2.76 bits per heavy atom. The summed E-state index contributed by atoms with van der Waals surface area (Å²) in [6.07, 6.45) is 6.95. The van der Waals surface area contributed by atoms with Crippen LogP contribution in [0.2, 0.25) is 0 Å². The van der Waals surface area contributed by atoms with E-state index in [1.807, 2.05) is 0 Å². The summed E-state index contributed by atoms with van der Waals surface area (Å²) in [4.78, 5) is 2.71. The molecule has 0 aromatic heterocycles. The molecule has 1 heterocycles. The second kappa shape index (κ2) is 6.72. The highest BCUT2D eigenvalue weighted by molar-refractivity contribution is 4.89. The average molecular weight is 240 g/mol. The van der Waals surface area contributed by atoms with Gasteiger partial charge in [-0.3, -0.25) is 0 Å². The molecule has 1 saturated carbocycles. The van der Waals surface area contributed by atoms with Crippen molar-refractivity contribution in [1.82, 2.24) is 10.2 Å². The summed E-state index contributed by atoms with van der Waals surface area (Å²) in [5.74, 6) is 0. The number of hydrogen-bond donors (Lipinski definition) is 1. The van der Waals surface area contributed by atoms with Gasteiger partial charge in [-0.25, -0.2) is 0 Å². The van der Waals surface area contributed by atoms with Crippen molar-refractivity contribution in [3.05, 3.63) is 0 Å². The Bertz CT molecular complexity index is 216. The third-order valence-corrected chi connectivity index (χ3v) is 4.30. The van der Waals surface area contributed by atoms with E-state index in [0.717, 1.165) is 18.7 Å². The number of ether oxygens (including phenoxy) is 1. The van der Waals surface area contributed by atoms with Crippen molar-refractivity contribution in [2.24, 2.45) is 0 Å². The fourth-order valence-corrected chi connectivity index (χ4v) is 3.05. The zero-order valence-corrected chi connectivity index (χ0v) is 11.5. The Morgan fingerprint density at radius 2 is 2.06 bits per heavy atom. The molecule has 0 spiro atoms. The fraction of sp³-hybridized carbons (Fsp3) is 1.00. The van der Waals surface area contributed by atoms with Crippen molar-refractivity contribution >= 4 is 0 Å². The van der Waals surface area contributed by atoms with E-state index in [1.54, 1.807) is 0 Å². The molecule has 1 aliphatic carbocycles. The second-order valence-electron chi connectivity index (χ2n) is 5.44. The summed E-state index contributed by atoms with van der Waals surface area (Å²) in [5.41, 5.74) is 0. The van der Waals surface area contributed by atoms with E-state index in [0.29, 0.717) is 6.10 Å². The molecule has 0 bridgehead atoms. The highest BCUT2D eigenvalue weighted by atomic mass is 16.5. The Labute approximate surface area is 106 Å². The van der Waals surface area contributed by atoms with Crippen molar-refractivity contribution in [1.29, 1.82) is 0 Å². The summed E-state index contributed by atoms with van der Waals surface area (Å²) in [5, 5.41) is 3.64. The van der Waals surface area contributed by atoms with Crippen LogP contribution in [0.25, 0.3) is 0 Å². The predicted octanol–water partition coefficient (Wildman–Crippen LogP) is 2.02. The Kier molecular flexibility index (Phi) is 5.26. The Hall–Kier alpha value is -0.120. The number of rotatable bonds is 4. The molecule has 0 radical (unpaired) electrons. The van der Waals surface area contributed by atoms with E-state index in [9.17, 15) is 0 Å². The first-order valence-corrected chi connectivity index (χ1v) is 7.42. The van der Waals surface area contributed by atoms with Crippen LogP contribution in [0, 0.1) is 0 Å². The maximum absolute atomic E-state index is 5.66. The van der Waals surface area contributed by atoms with Gasteiger partial charge < -0.3 is 15.0 Å². The molecule has 17 heavy (non-hydrogen) atoms. The molecule has 1 aliphatic heterocycles. The highest BCUT2D eigenvalue weighted by Gasteiger charge is 2.34. The number of nitrogens with zero attached hydrogens (tertiary/aromatic N) is 1. The molecule has 1 N–H and O–H groups in total. The average Bonchev–Trinajstić information content (AvgIpc) is 2.25. The summed E-state index contributed by atoms with van der Waals surface area (Å²) in [6, 6.07) is 1.54. The van der Waals surface area contributed by atoms with Crippen LogP contribution in [0.1, 0.15) is 46.0 Å². The van der Waals surface area contributed by atoms with Gasteiger partial charge in [0.1, 0.15) is 0 Å². The van der Waals surface area contributed by atoms with Crippen LogP contribution in [0.4, 0.5) is 0 Å². The number of hydrogen-bond acceptors (Lipinski definition) is 3. The zero-order chi connectivity index (χ0) is 12.1. The zero-order valence-electron chi connectivity index (χ0n) is 11.5. The van der Waals surface area contributed by atoms with Gasteiger partial charge in [0.05, 0.1) is 6.10 Å². The monoisotopic (exact) mass is 240 g/mol. The van der Waals surface area contributed by atoms with Crippen LogP contribution in [-0.2, 0) is 4.74 Å². The topological polar surface area (TPSA) is 24.5 Å². The molecule has 0 aromatic carbocycles. The van der Waals surface area contributed by atoms with Gasteiger partial charge in [0.25, 0.3) is 0 Å². The van der Waals surface area contributed by atoms with Crippen LogP contribution >= 0.6 is 0 Å². The maximum atomic E-state index is 5.66. The van der Waals surface area contributed by atoms with Crippen molar-refractivity contribution < 1.29 is 4.74 Å². The van der Waals surface area contributed by atoms with Gasteiger partial charge >= 0.3 is 0 Å². The van der Waals surface area contributed by atoms with Crippen molar-refractivity contribution in [3.8, 4) is 0 Å². The van der Waals surface area contributed by atoms with Gasteiger partial charge in [0.2, 0.25) is 0 Å². The Morgan fingerprint density at radius 1 is 1.24 bits per heavy atom. The largest absolute Gasteiger partial charge is 0.378 e. The summed E-state index contributed by atoms with van der Waals surface area (Å²) in [6.45, 7) is 9.00. The van der Waals surface area contributed by atoms with Gasteiger partial charge in [0, 0.05) is 18.7 Å². The summed E-state index contributed by atoms with van der Waals surface area (Å²) < 4.78 is 5.66. The molecule has 0 amide bonds. The molecule has 1 unspecified atom stereocenters. The first-order chi connectivity index (χ1) is 8.33. The first-order valence-electron chi connectivity index (χ1n) is 7.42. The number of nitrogens with one attached hydrogen (secondary N) is 1. The smallest absolute Gasteiger partial charge is 0.0604 e. The summed E-state index contributed by atoms with van der Waals surface area (Å²) >= 11 is 0. The fourth-order valence-electron chi connectivity index (χ4n) is 3.05. The molecule has 2 aliphatic rings. The molecule has 1 atom stereocenters. The molecule has 100 valence electrons.